The highest BCUT2D eigenvalue weighted by Crippen LogP contribution is 2.59. The van der Waals surface area contributed by atoms with Gasteiger partial charge in [-0.1, -0.05) is 231 Å². The van der Waals surface area contributed by atoms with E-state index in [1.165, 1.54) is 77.9 Å². The van der Waals surface area contributed by atoms with Crippen molar-refractivity contribution in [2.24, 2.45) is 0 Å². The summed E-state index contributed by atoms with van der Waals surface area (Å²) in [5.41, 5.74) is 20.0. The zero-order valence-corrected chi connectivity index (χ0v) is 34.3. The molecule has 1 unspecified atom stereocenters. The van der Waals surface area contributed by atoms with Crippen molar-refractivity contribution in [2.75, 3.05) is 4.90 Å². The summed E-state index contributed by atoms with van der Waals surface area (Å²) in [6.07, 6.45) is 0. The summed E-state index contributed by atoms with van der Waals surface area (Å²) in [5, 5.41) is 0. The summed E-state index contributed by atoms with van der Waals surface area (Å²) < 4.78 is 0. The van der Waals surface area contributed by atoms with Gasteiger partial charge in [-0.15, -0.1) is 0 Å². The molecular formula is C61H43N. The van der Waals surface area contributed by atoms with Gasteiger partial charge >= 0.3 is 0 Å². The molecule has 1 nitrogen and oxygen atoms in total. The van der Waals surface area contributed by atoms with Crippen LogP contribution in [0.2, 0.25) is 0 Å². The first-order chi connectivity index (χ1) is 30.8. The van der Waals surface area contributed by atoms with Crippen LogP contribution in [0.25, 0.3) is 55.6 Å². The molecule has 11 rings (SSSR count). The maximum absolute atomic E-state index is 2.42. The molecule has 0 N–H and O–H groups in total. The lowest BCUT2D eigenvalue weighted by Gasteiger charge is -2.34. The van der Waals surface area contributed by atoms with Crippen LogP contribution in [-0.2, 0) is 5.41 Å². The van der Waals surface area contributed by atoms with Gasteiger partial charge in [0.1, 0.15) is 0 Å². The van der Waals surface area contributed by atoms with E-state index >= 15 is 0 Å². The third-order valence-electron chi connectivity index (χ3n) is 12.6. The molecule has 0 fully saturated rings. The molecule has 1 atom stereocenters. The summed E-state index contributed by atoms with van der Waals surface area (Å²) >= 11 is 0. The molecule has 0 amide bonds. The van der Waals surface area contributed by atoms with Crippen LogP contribution in [0.15, 0.2) is 261 Å². The molecule has 1 heteroatoms. The van der Waals surface area contributed by atoms with Gasteiger partial charge in [-0.05, 0) is 103 Å². The van der Waals surface area contributed by atoms with E-state index in [0.29, 0.717) is 0 Å². The molecule has 292 valence electrons. The van der Waals surface area contributed by atoms with Gasteiger partial charge < -0.3 is 4.90 Å². The summed E-state index contributed by atoms with van der Waals surface area (Å²) in [5.74, 6) is 0. The van der Waals surface area contributed by atoms with Gasteiger partial charge in [-0.3, -0.25) is 0 Å². The molecule has 1 aliphatic rings. The maximum Gasteiger partial charge on any atom is 0.0713 e. The van der Waals surface area contributed by atoms with Crippen molar-refractivity contribution >= 4 is 17.1 Å². The quantitative estimate of drug-likeness (QED) is 0.141. The predicted octanol–water partition coefficient (Wildman–Crippen LogP) is 16.2. The number of rotatable bonds is 9. The lowest BCUT2D eigenvalue weighted by molar-refractivity contribution is 0.769. The van der Waals surface area contributed by atoms with E-state index in [1.807, 2.05) is 0 Å². The van der Waals surface area contributed by atoms with Crippen LogP contribution in [0.3, 0.4) is 0 Å². The first kappa shape index (κ1) is 37.0. The van der Waals surface area contributed by atoms with Crippen molar-refractivity contribution in [3.8, 4) is 55.6 Å². The molecule has 10 aromatic rings. The van der Waals surface area contributed by atoms with Crippen molar-refractivity contribution in [3.63, 3.8) is 0 Å². The van der Waals surface area contributed by atoms with Crippen LogP contribution in [0.1, 0.15) is 22.3 Å². The first-order valence-electron chi connectivity index (χ1n) is 21.4. The van der Waals surface area contributed by atoms with Gasteiger partial charge in [0, 0.05) is 16.9 Å². The minimum atomic E-state index is -0.534. The van der Waals surface area contributed by atoms with Gasteiger partial charge in [0.05, 0.1) is 11.1 Å². The summed E-state index contributed by atoms with van der Waals surface area (Å²) in [7, 11) is 0. The number of para-hydroxylation sites is 1. The Balaban J connectivity index is 1.11. The van der Waals surface area contributed by atoms with Crippen molar-refractivity contribution in [1.82, 2.24) is 0 Å². The van der Waals surface area contributed by atoms with Crippen molar-refractivity contribution in [2.45, 2.75) is 5.41 Å². The highest BCUT2D eigenvalue weighted by Gasteiger charge is 2.47. The van der Waals surface area contributed by atoms with E-state index in [-0.39, 0.29) is 0 Å². The normalized spacial score (nSPS) is 13.9. The smallest absolute Gasteiger partial charge is 0.0713 e. The molecule has 0 saturated heterocycles. The fraction of sp³-hybridized carbons (Fsp3) is 0.0164. The summed E-state index contributed by atoms with van der Waals surface area (Å²) in [4.78, 5) is 2.42. The zero-order chi connectivity index (χ0) is 41.3. The average Bonchev–Trinajstić information content (AvgIpc) is 3.67. The molecule has 0 heterocycles. The first-order valence-corrected chi connectivity index (χ1v) is 21.4. The van der Waals surface area contributed by atoms with Gasteiger partial charge in [-0.25, -0.2) is 0 Å². The molecule has 0 radical (unpaired) electrons. The molecule has 10 aromatic carbocycles. The van der Waals surface area contributed by atoms with E-state index in [4.69, 9.17) is 0 Å². The largest absolute Gasteiger partial charge is 0.310 e. The van der Waals surface area contributed by atoms with Crippen LogP contribution < -0.4 is 4.90 Å². The van der Waals surface area contributed by atoms with Gasteiger partial charge in [0.25, 0.3) is 0 Å². The minimum absolute atomic E-state index is 0.534. The molecule has 0 aliphatic heterocycles. The highest BCUT2D eigenvalue weighted by molar-refractivity contribution is 6.00. The average molecular weight is 790 g/mol. The second kappa shape index (κ2) is 15.9. The van der Waals surface area contributed by atoms with Crippen LogP contribution in [0.5, 0.6) is 0 Å². The fourth-order valence-electron chi connectivity index (χ4n) is 9.76. The Morgan fingerprint density at radius 1 is 0.242 bits per heavy atom. The summed E-state index contributed by atoms with van der Waals surface area (Å²) in [6.45, 7) is 0. The van der Waals surface area contributed by atoms with Gasteiger partial charge in [0.15, 0.2) is 0 Å². The van der Waals surface area contributed by atoms with Crippen LogP contribution in [-0.4, -0.2) is 0 Å². The standard InChI is InChI=1S/C61H43N/c1-5-18-44(19-6-1)47-32-38-51(39-33-47)61(50-24-11-4-12-25-50)57-29-15-13-27-56(57)60-55(28-17-30-58(60)61)54-26-14-16-31-59(54)62(52-40-34-48(35-41-52)45-20-7-2-8-21-45)53-42-36-49(37-43-53)46-22-9-3-10-23-46/h1-43H. The predicted molar refractivity (Wildman–Crippen MR) is 260 cm³/mol. The van der Waals surface area contributed by atoms with Gasteiger partial charge in [-0.2, -0.15) is 0 Å². The number of hydrogen-bond acceptors (Lipinski definition) is 1. The van der Waals surface area contributed by atoms with Gasteiger partial charge in [0.2, 0.25) is 0 Å². The van der Waals surface area contributed by atoms with E-state index < -0.39 is 5.41 Å². The lowest BCUT2D eigenvalue weighted by atomic mass is 9.67. The van der Waals surface area contributed by atoms with E-state index in [2.05, 4.69) is 266 Å². The second-order valence-corrected chi connectivity index (χ2v) is 16.0. The third-order valence-corrected chi connectivity index (χ3v) is 12.6. The highest BCUT2D eigenvalue weighted by atomic mass is 15.1. The van der Waals surface area contributed by atoms with Crippen molar-refractivity contribution in [3.05, 3.63) is 283 Å². The Morgan fingerprint density at radius 2 is 0.613 bits per heavy atom. The Morgan fingerprint density at radius 3 is 1.15 bits per heavy atom. The minimum Gasteiger partial charge on any atom is -0.310 e. The number of nitrogens with zero attached hydrogens (tertiary/aromatic N) is 1. The molecule has 1 aliphatic carbocycles. The van der Waals surface area contributed by atoms with Crippen LogP contribution in [0, 0.1) is 0 Å². The second-order valence-electron chi connectivity index (χ2n) is 16.0. The van der Waals surface area contributed by atoms with E-state index in [9.17, 15) is 0 Å². The lowest BCUT2D eigenvalue weighted by Crippen LogP contribution is -2.28. The SMILES string of the molecule is c1ccc(-c2ccc(N(c3ccc(-c4ccccc4)cc3)c3ccccc3-c3cccc4c3-c3ccccc3C4(c3ccccc3)c3ccc(-c4ccccc4)cc3)cc2)cc1. The monoisotopic (exact) mass is 789 g/mol. The molecule has 0 spiro atoms. The van der Waals surface area contributed by atoms with Crippen molar-refractivity contribution < 1.29 is 0 Å². The number of hydrogen-bond donors (Lipinski definition) is 0. The topological polar surface area (TPSA) is 3.24 Å². The Bertz CT molecular complexity index is 3040. The molecule has 0 aromatic heterocycles. The molecular weight excluding hydrogens is 747 g/mol. The summed E-state index contributed by atoms with van der Waals surface area (Å²) in [6, 6.07) is 95.2. The van der Waals surface area contributed by atoms with Crippen LogP contribution in [0.4, 0.5) is 17.1 Å². The molecule has 0 bridgehead atoms. The third kappa shape index (κ3) is 6.35. The number of benzene rings is 10. The Kier molecular flexibility index (Phi) is 9.48. The fourth-order valence-corrected chi connectivity index (χ4v) is 9.76. The van der Waals surface area contributed by atoms with Crippen molar-refractivity contribution in [1.29, 1.82) is 0 Å². The van der Waals surface area contributed by atoms with Crippen LogP contribution >= 0.6 is 0 Å². The Labute approximate surface area is 364 Å². The Hall–Kier alpha value is -8.00. The maximum atomic E-state index is 2.42. The van der Waals surface area contributed by atoms with E-state index in [0.717, 1.165) is 17.1 Å². The molecule has 0 saturated carbocycles. The van der Waals surface area contributed by atoms with E-state index in [1.54, 1.807) is 0 Å². The zero-order valence-electron chi connectivity index (χ0n) is 34.3. The molecule has 62 heavy (non-hydrogen) atoms. The number of anilines is 3. The number of fused-ring (bicyclic) bond motifs is 3.